The second-order valence-corrected chi connectivity index (χ2v) is 6.47. The Kier molecular flexibility index (Phi) is 3.81. The van der Waals surface area contributed by atoms with Gasteiger partial charge in [-0.3, -0.25) is 0 Å². The minimum absolute atomic E-state index is 0.523. The zero-order valence-corrected chi connectivity index (χ0v) is 13.7. The highest BCUT2D eigenvalue weighted by molar-refractivity contribution is 7.19. The molecule has 4 heteroatoms. The molecule has 116 valence electrons. The largest absolute Gasteiger partial charge is 0.383 e. The van der Waals surface area contributed by atoms with Crippen molar-refractivity contribution < 1.29 is 0 Å². The Hall–Kier alpha value is -2.98. The molecule has 2 heterocycles. The molecule has 4 aromatic rings. The minimum Gasteiger partial charge on any atom is -0.383 e. The van der Waals surface area contributed by atoms with Crippen molar-refractivity contribution in [3.05, 3.63) is 77.2 Å². The number of fused-ring (bicyclic) bond motifs is 1. The topological polar surface area (TPSA) is 51.8 Å². The highest BCUT2D eigenvalue weighted by Gasteiger charge is 2.10. The summed E-state index contributed by atoms with van der Waals surface area (Å²) in [6.07, 6.45) is 4.18. The summed E-state index contributed by atoms with van der Waals surface area (Å²) in [5.74, 6) is 1.19. The van der Waals surface area contributed by atoms with E-state index in [2.05, 4.69) is 34.3 Å². The maximum Gasteiger partial charge on any atom is 0.163 e. The molecule has 0 saturated carbocycles. The lowest BCUT2D eigenvalue weighted by atomic mass is 10.2. The molecule has 0 saturated heterocycles. The molecule has 0 amide bonds. The van der Waals surface area contributed by atoms with Crippen molar-refractivity contribution in [3.63, 3.8) is 0 Å². The van der Waals surface area contributed by atoms with E-state index in [1.807, 2.05) is 54.6 Å². The van der Waals surface area contributed by atoms with Gasteiger partial charge in [-0.25, -0.2) is 9.97 Å². The first-order chi connectivity index (χ1) is 11.8. The molecule has 0 fully saturated rings. The average Bonchev–Trinajstić information content (AvgIpc) is 3.05. The van der Waals surface area contributed by atoms with E-state index in [1.165, 1.54) is 5.56 Å². The molecule has 0 atom stereocenters. The van der Waals surface area contributed by atoms with Gasteiger partial charge < -0.3 is 5.73 Å². The van der Waals surface area contributed by atoms with E-state index in [0.717, 1.165) is 20.7 Å². The van der Waals surface area contributed by atoms with Gasteiger partial charge in [-0.1, -0.05) is 66.7 Å². The molecule has 4 rings (SSSR count). The highest BCUT2D eigenvalue weighted by atomic mass is 32.1. The second kappa shape index (κ2) is 6.26. The summed E-state index contributed by atoms with van der Waals surface area (Å²) in [5, 5.41) is 0.910. The van der Waals surface area contributed by atoms with Crippen LogP contribution in [0.2, 0.25) is 0 Å². The molecule has 0 aliphatic rings. The Balaban J connectivity index is 1.73. The molecule has 0 spiro atoms. The van der Waals surface area contributed by atoms with Crippen LogP contribution < -0.4 is 5.73 Å². The van der Waals surface area contributed by atoms with Gasteiger partial charge in [0.2, 0.25) is 0 Å². The van der Waals surface area contributed by atoms with Crippen molar-refractivity contribution in [1.29, 1.82) is 0 Å². The van der Waals surface area contributed by atoms with Crippen molar-refractivity contribution in [3.8, 4) is 11.4 Å². The SMILES string of the molecule is Nc1nc(-c2ccccc2)nc2sc(C=Cc3ccccc3)cc12. The standard InChI is InChI=1S/C20H15N3S/c21-18-17-13-16(12-11-14-7-3-1-4-8-14)24-20(17)23-19(22-18)15-9-5-2-6-10-15/h1-13H,(H2,21,22,23). The third kappa shape index (κ3) is 2.92. The number of rotatable bonds is 3. The van der Waals surface area contributed by atoms with Crippen LogP contribution in [-0.4, -0.2) is 9.97 Å². The van der Waals surface area contributed by atoms with Crippen LogP contribution in [0.4, 0.5) is 5.82 Å². The van der Waals surface area contributed by atoms with Crippen LogP contribution in [0, 0.1) is 0 Å². The molecular weight excluding hydrogens is 314 g/mol. The molecule has 0 aliphatic carbocycles. The summed E-state index contributed by atoms with van der Waals surface area (Å²) in [6, 6.07) is 22.2. The van der Waals surface area contributed by atoms with Crippen LogP contribution in [0.3, 0.4) is 0 Å². The summed E-state index contributed by atoms with van der Waals surface area (Å²) < 4.78 is 0. The average molecular weight is 329 g/mol. The molecule has 0 unspecified atom stereocenters. The van der Waals surface area contributed by atoms with Gasteiger partial charge in [0.15, 0.2) is 5.82 Å². The summed E-state index contributed by atoms with van der Waals surface area (Å²) in [6.45, 7) is 0. The molecule has 0 bridgehead atoms. The Morgan fingerprint density at radius 1 is 0.833 bits per heavy atom. The highest BCUT2D eigenvalue weighted by Crippen LogP contribution is 2.31. The number of nitrogens with zero attached hydrogens (tertiary/aromatic N) is 2. The van der Waals surface area contributed by atoms with Gasteiger partial charge in [-0.05, 0) is 17.7 Å². The lowest BCUT2D eigenvalue weighted by Gasteiger charge is -2.01. The predicted octanol–water partition coefficient (Wildman–Crippen LogP) is 5.11. The molecule has 2 aromatic carbocycles. The fraction of sp³-hybridized carbons (Fsp3) is 0. The molecule has 24 heavy (non-hydrogen) atoms. The van der Waals surface area contributed by atoms with Crippen molar-refractivity contribution in [2.45, 2.75) is 0 Å². The van der Waals surface area contributed by atoms with Crippen molar-refractivity contribution in [2.24, 2.45) is 0 Å². The van der Waals surface area contributed by atoms with E-state index in [4.69, 9.17) is 5.73 Å². The first-order valence-corrected chi connectivity index (χ1v) is 8.47. The second-order valence-electron chi connectivity index (χ2n) is 5.41. The van der Waals surface area contributed by atoms with Gasteiger partial charge in [0.25, 0.3) is 0 Å². The Morgan fingerprint density at radius 3 is 2.29 bits per heavy atom. The van der Waals surface area contributed by atoms with Crippen LogP contribution in [0.25, 0.3) is 33.8 Å². The van der Waals surface area contributed by atoms with E-state index in [1.54, 1.807) is 11.3 Å². The Bertz CT molecular complexity index is 1010. The molecule has 3 nitrogen and oxygen atoms in total. The number of hydrogen-bond acceptors (Lipinski definition) is 4. The summed E-state index contributed by atoms with van der Waals surface area (Å²) in [7, 11) is 0. The maximum atomic E-state index is 6.15. The van der Waals surface area contributed by atoms with E-state index >= 15 is 0 Å². The molecular formula is C20H15N3S. The van der Waals surface area contributed by atoms with Crippen molar-refractivity contribution >= 4 is 39.5 Å². The third-order valence-electron chi connectivity index (χ3n) is 3.71. The smallest absolute Gasteiger partial charge is 0.163 e. The minimum atomic E-state index is 0.523. The first-order valence-electron chi connectivity index (χ1n) is 7.65. The number of hydrogen-bond donors (Lipinski definition) is 1. The number of nitrogens with two attached hydrogens (primary N) is 1. The van der Waals surface area contributed by atoms with Gasteiger partial charge >= 0.3 is 0 Å². The van der Waals surface area contributed by atoms with Gasteiger partial charge in [0.05, 0.1) is 5.39 Å². The number of anilines is 1. The Labute approximate surface area is 144 Å². The molecule has 2 N–H and O–H groups in total. The molecule has 2 aromatic heterocycles. The van der Waals surface area contributed by atoms with E-state index < -0.39 is 0 Å². The third-order valence-corrected chi connectivity index (χ3v) is 4.71. The van der Waals surface area contributed by atoms with Crippen LogP contribution in [0.1, 0.15) is 10.4 Å². The number of thiophene rings is 1. The molecule has 0 radical (unpaired) electrons. The normalized spacial score (nSPS) is 11.3. The van der Waals surface area contributed by atoms with Gasteiger partial charge in [-0.15, -0.1) is 11.3 Å². The molecule has 0 aliphatic heterocycles. The van der Waals surface area contributed by atoms with Crippen LogP contribution in [-0.2, 0) is 0 Å². The number of aromatic nitrogens is 2. The predicted molar refractivity (Wildman–Crippen MR) is 103 cm³/mol. The van der Waals surface area contributed by atoms with Crippen LogP contribution >= 0.6 is 11.3 Å². The van der Waals surface area contributed by atoms with Crippen molar-refractivity contribution in [1.82, 2.24) is 9.97 Å². The lowest BCUT2D eigenvalue weighted by molar-refractivity contribution is 1.24. The summed E-state index contributed by atoms with van der Waals surface area (Å²) in [5.41, 5.74) is 8.29. The van der Waals surface area contributed by atoms with Crippen LogP contribution in [0.15, 0.2) is 66.7 Å². The fourth-order valence-electron chi connectivity index (χ4n) is 2.50. The lowest BCUT2D eigenvalue weighted by Crippen LogP contribution is -1.95. The van der Waals surface area contributed by atoms with E-state index in [9.17, 15) is 0 Å². The zero-order chi connectivity index (χ0) is 16.4. The zero-order valence-electron chi connectivity index (χ0n) is 12.9. The quantitative estimate of drug-likeness (QED) is 0.568. The maximum absolute atomic E-state index is 6.15. The van der Waals surface area contributed by atoms with E-state index in [0.29, 0.717) is 11.6 Å². The van der Waals surface area contributed by atoms with Crippen molar-refractivity contribution in [2.75, 3.05) is 5.73 Å². The summed E-state index contributed by atoms with van der Waals surface area (Å²) in [4.78, 5) is 11.2. The number of benzene rings is 2. The van der Waals surface area contributed by atoms with Crippen LogP contribution in [0.5, 0.6) is 0 Å². The number of nitrogen functional groups attached to an aromatic ring is 1. The Morgan fingerprint density at radius 2 is 1.54 bits per heavy atom. The first kappa shape index (κ1) is 14.6. The van der Waals surface area contributed by atoms with Gasteiger partial charge in [-0.2, -0.15) is 0 Å². The summed E-state index contributed by atoms with van der Waals surface area (Å²) >= 11 is 1.62. The van der Waals surface area contributed by atoms with E-state index in [-0.39, 0.29) is 0 Å². The van der Waals surface area contributed by atoms with Gasteiger partial charge in [0.1, 0.15) is 10.6 Å². The monoisotopic (exact) mass is 329 g/mol. The van der Waals surface area contributed by atoms with Gasteiger partial charge in [0, 0.05) is 10.4 Å². The fourth-order valence-corrected chi connectivity index (χ4v) is 3.44.